The number of amides is 1. The molecule has 0 spiro atoms. The monoisotopic (exact) mass is 232 g/mol. The van der Waals surface area contributed by atoms with Crippen LogP contribution >= 0.6 is 0 Å². The second-order valence-electron chi connectivity index (χ2n) is 3.68. The van der Waals surface area contributed by atoms with Gasteiger partial charge in [-0.15, -0.1) is 0 Å². The molecule has 17 heavy (non-hydrogen) atoms. The number of hydrogen-bond acceptors (Lipinski definition) is 3. The summed E-state index contributed by atoms with van der Waals surface area (Å²) in [5.74, 6) is 0.596. The van der Waals surface area contributed by atoms with Crippen LogP contribution in [-0.4, -0.2) is 31.0 Å². The molecular formula is C13H16N2O2. The third-order valence-corrected chi connectivity index (χ3v) is 2.47. The summed E-state index contributed by atoms with van der Waals surface area (Å²) in [6.45, 7) is 2.62. The van der Waals surface area contributed by atoms with Crippen molar-refractivity contribution in [2.75, 3.05) is 20.2 Å². The Morgan fingerprint density at radius 1 is 1.41 bits per heavy atom. The van der Waals surface area contributed by atoms with E-state index in [0.717, 1.165) is 5.56 Å². The van der Waals surface area contributed by atoms with Gasteiger partial charge in [-0.2, -0.15) is 5.26 Å². The molecule has 1 rings (SSSR count). The van der Waals surface area contributed by atoms with Crippen molar-refractivity contribution in [1.29, 1.82) is 5.26 Å². The quantitative estimate of drug-likeness (QED) is 0.775. The van der Waals surface area contributed by atoms with Gasteiger partial charge in [-0.3, -0.25) is 4.79 Å². The van der Waals surface area contributed by atoms with E-state index in [4.69, 9.17) is 10.00 Å². The molecule has 1 amide bonds. The van der Waals surface area contributed by atoms with E-state index in [2.05, 4.69) is 6.07 Å². The minimum atomic E-state index is -0.0476. The molecular weight excluding hydrogens is 216 g/mol. The minimum absolute atomic E-state index is 0.0436. The Balaban J connectivity index is 2.47. The SMILES string of the molecule is CCN(C)C(=O)COc1ccc(CC#N)cc1. The summed E-state index contributed by atoms with van der Waals surface area (Å²) in [6, 6.07) is 9.27. The second kappa shape index (κ2) is 6.54. The minimum Gasteiger partial charge on any atom is -0.484 e. The summed E-state index contributed by atoms with van der Waals surface area (Å²) in [5, 5.41) is 8.52. The first kappa shape index (κ1) is 13.0. The molecule has 0 aliphatic carbocycles. The van der Waals surface area contributed by atoms with Gasteiger partial charge in [0.1, 0.15) is 5.75 Å². The van der Waals surface area contributed by atoms with Crippen molar-refractivity contribution in [3.05, 3.63) is 29.8 Å². The zero-order valence-corrected chi connectivity index (χ0v) is 10.1. The van der Waals surface area contributed by atoms with Gasteiger partial charge in [0.15, 0.2) is 6.61 Å². The van der Waals surface area contributed by atoms with E-state index in [1.807, 2.05) is 19.1 Å². The lowest BCUT2D eigenvalue weighted by Crippen LogP contribution is -2.31. The van der Waals surface area contributed by atoms with Gasteiger partial charge in [0.05, 0.1) is 12.5 Å². The number of nitriles is 1. The van der Waals surface area contributed by atoms with E-state index >= 15 is 0 Å². The Kier molecular flexibility index (Phi) is 5.02. The molecule has 0 atom stereocenters. The Morgan fingerprint density at radius 2 is 2.06 bits per heavy atom. The predicted molar refractivity (Wildman–Crippen MR) is 64.6 cm³/mol. The molecule has 0 aromatic heterocycles. The number of ether oxygens (including phenoxy) is 1. The van der Waals surface area contributed by atoms with Crippen LogP contribution < -0.4 is 4.74 Å². The van der Waals surface area contributed by atoms with Crippen LogP contribution in [0.2, 0.25) is 0 Å². The van der Waals surface area contributed by atoms with Crippen LogP contribution in [0.3, 0.4) is 0 Å². The molecule has 0 saturated heterocycles. The molecule has 0 saturated carbocycles. The molecule has 0 N–H and O–H groups in total. The van der Waals surface area contributed by atoms with Gasteiger partial charge in [0, 0.05) is 13.6 Å². The number of likely N-dealkylation sites (N-methyl/N-ethyl adjacent to an activating group) is 1. The van der Waals surface area contributed by atoms with E-state index in [0.29, 0.717) is 18.7 Å². The summed E-state index contributed by atoms with van der Waals surface area (Å²) in [4.78, 5) is 13.1. The normalized spacial score (nSPS) is 9.47. The Bertz CT molecular complexity index is 406. The average Bonchev–Trinajstić information content (AvgIpc) is 2.37. The molecule has 1 aromatic carbocycles. The van der Waals surface area contributed by atoms with Gasteiger partial charge >= 0.3 is 0 Å². The maximum absolute atomic E-state index is 11.5. The van der Waals surface area contributed by atoms with Crippen molar-refractivity contribution in [2.24, 2.45) is 0 Å². The van der Waals surface area contributed by atoms with Crippen molar-refractivity contribution in [3.63, 3.8) is 0 Å². The number of benzene rings is 1. The van der Waals surface area contributed by atoms with E-state index in [9.17, 15) is 4.79 Å². The van der Waals surface area contributed by atoms with Crippen LogP contribution in [0.1, 0.15) is 12.5 Å². The maximum Gasteiger partial charge on any atom is 0.260 e. The molecule has 0 aliphatic heterocycles. The number of rotatable bonds is 5. The lowest BCUT2D eigenvalue weighted by Gasteiger charge is -2.14. The van der Waals surface area contributed by atoms with Crippen LogP contribution in [0.25, 0.3) is 0 Å². The lowest BCUT2D eigenvalue weighted by atomic mass is 10.2. The highest BCUT2D eigenvalue weighted by atomic mass is 16.5. The second-order valence-corrected chi connectivity index (χ2v) is 3.68. The number of carbonyl (C=O) groups is 1. The average molecular weight is 232 g/mol. The summed E-state index contributed by atoms with van der Waals surface area (Å²) in [7, 11) is 1.74. The van der Waals surface area contributed by atoms with Gasteiger partial charge in [0.25, 0.3) is 5.91 Å². The fourth-order valence-corrected chi connectivity index (χ4v) is 1.23. The van der Waals surface area contributed by atoms with Crippen LogP contribution in [0.5, 0.6) is 5.75 Å². The van der Waals surface area contributed by atoms with Gasteiger partial charge < -0.3 is 9.64 Å². The first-order valence-electron chi connectivity index (χ1n) is 5.50. The number of hydrogen-bond donors (Lipinski definition) is 0. The van der Waals surface area contributed by atoms with E-state index in [1.54, 1.807) is 24.1 Å². The third-order valence-electron chi connectivity index (χ3n) is 2.47. The molecule has 4 heteroatoms. The molecule has 0 bridgehead atoms. The number of nitrogens with zero attached hydrogens (tertiary/aromatic N) is 2. The topological polar surface area (TPSA) is 53.3 Å². The summed E-state index contributed by atoms with van der Waals surface area (Å²) >= 11 is 0. The smallest absolute Gasteiger partial charge is 0.260 e. The summed E-state index contributed by atoms with van der Waals surface area (Å²) in [6.07, 6.45) is 0.387. The zero-order chi connectivity index (χ0) is 12.7. The molecule has 0 radical (unpaired) electrons. The Morgan fingerprint density at radius 3 is 2.59 bits per heavy atom. The molecule has 1 aromatic rings. The van der Waals surface area contributed by atoms with Crippen LogP contribution in [0, 0.1) is 11.3 Å². The first-order valence-corrected chi connectivity index (χ1v) is 5.50. The predicted octanol–water partition coefficient (Wildman–Crippen LogP) is 1.61. The Hall–Kier alpha value is -2.02. The largest absolute Gasteiger partial charge is 0.484 e. The summed E-state index contributed by atoms with van der Waals surface area (Å²) in [5.41, 5.74) is 0.942. The van der Waals surface area contributed by atoms with E-state index in [-0.39, 0.29) is 12.5 Å². The highest BCUT2D eigenvalue weighted by Crippen LogP contribution is 2.12. The van der Waals surface area contributed by atoms with Crippen molar-refractivity contribution in [1.82, 2.24) is 4.90 Å². The standard InChI is InChI=1S/C13H16N2O2/c1-3-15(2)13(16)10-17-12-6-4-11(5-7-12)8-9-14/h4-7H,3,8,10H2,1-2H3. The third kappa shape index (κ3) is 4.15. The fraction of sp³-hybridized carbons (Fsp3) is 0.385. The molecule has 4 nitrogen and oxygen atoms in total. The first-order chi connectivity index (χ1) is 8.17. The molecule has 0 unspecified atom stereocenters. The summed E-state index contributed by atoms with van der Waals surface area (Å²) < 4.78 is 5.35. The van der Waals surface area contributed by atoms with Gasteiger partial charge in [-0.25, -0.2) is 0 Å². The molecule has 0 heterocycles. The van der Waals surface area contributed by atoms with E-state index in [1.165, 1.54) is 0 Å². The van der Waals surface area contributed by atoms with Gasteiger partial charge in [-0.1, -0.05) is 12.1 Å². The Labute approximate surface area is 101 Å². The highest BCUT2D eigenvalue weighted by Gasteiger charge is 2.06. The van der Waals surface area contributed by atoms with Crippen LogP contribution in [0.4, 0.5) is 0 Å². The highest BCUT2D eigenvalue weighted by molar-refractivity contribution is 5.77. The molecule has 90 valence electrons. The van der Waals surface area contributed by atoms with Gasteiger partial charge in [0.2, 0.25) is 0 Å². The van der Waals surface area contributed by atoms with Crippen LogP contribution in [-0.2, 0) is 11.2 Å². The van der Waals surface area contributed by atoms with Crippen molar-refractivity contribution in [2.45, 2.75) is 13.3 Å². The maximum atomic E-state index is 11.5. The fourth-order valence-electron chi connectivity index (χ4n) is 1.23. The van der Waals surface area contributed by atoms with Crippen molar-refractivity contribution < 1.29 is 9.53 Å². The zero-order valence-electron chi connectivity index (χ0n) is 10.1. The van der Waals surface area contributed by atoms with E-state index < -0.39 is 0 Å². The lowest BCUT2D eigenvalue weighted by molar-refractivity contribution is -0.131. The molecule has 0 fully saturated rings. The van der Waals surface area contributed by atoms with Gasteiger partial charge in [-0.05, 0) is 24.6 Å². The molecule has 0 aliphatic rings. The van der Waals surface area contributed by atoms with Crippen LogP contribution in [0.15, 0.2) is 24.3 Å². The van der Waals surface area contributed by atoms with Crippen molar-refractivity contribution in [3.8, 4) is 11.8 Å². The number of carbonyl (C=O) groups excluding carboxylic acids is 1. The van der Waals surface area contributed by atoms with Crippen molar-refractivity contribution >= 4 is 5.91 Å².